The zero-order valence-corrected chi connectivity index (χ0v) is 16.9. The highest BCUT2D eigenvalue weighted by Gasteiger charge is 2.11. The quantitative estimate of drug-likeness (QED) is 0.376. The van der Waals surface area contributed by atoms with Gasteiger partial charge < -0.3 is 19.9 Å². The van der Waals surface area contributed by atoms with Gasteiger partial charge in [-0.05, 0) is 54.8 Å². The van der Waals surface area contributed by atoms with Crippen LogP contribution >= 0.6 is 11.6 Å². The molecular formula is C20H24ClN3O4. The Morgan fingerprint density at radius 2 is 1.93 bits per heavy atom. The summed E-state index contributed by atoms with van der Waals surface area (Å²) < 4.78 is 16.8. The average molecular weight is 406 g/mol. The zero-order valence-electron chi connectivity index (χ0n) is 16.1. The highest BCUT2D eigenvalue weighted by molar-refractivity contribution is 6.32. The van der Waals surface area contributed by atoms with E-state index in [-0.39, 0.29) is 0 Å². The van der Waals surface area contributed by atoms with E-state index in [1.807, 2.05) is 18.2 Å². The van der Waals surface area contributed by atoms with Gasteiger partial charge in [0.15, 0.2) is 11.5 Å². The number of primary amides is 1. The molecule has 0 spiro atoms. The van der Waals surface area contributed by atoms with Gasteiger partial charge in [-0.1, -0.05) is 17.7 Å². The molecule has 3 N–H and O–H groups in total. The normalized spacial score (nSPS) is 10.7. The summed E-state index contributed by atoms with van der Waals surface area (Å²) in [5.41, 5.74) is 10.1. The number of ether oxygens (including phenoxy) is 3. The number of hydrazone groups is 1. The SMILES string of the molecule is COc1cc(/C=N/NC(N)=O)cc(Cl)c1OCCCOc1ccc(C)c(C)c1. The first-order valence-electron chi connectivity index (χ1n) is 8.69. The van der Waals surface area contributed by atoms with Gasteiger partial charge >= 0.3 is 6.03 Å². The molecule has 0 fully saturated rings. The van der Waals surface area contributed by atoms with Crippen molar-refractivity contribution < 1.29 is 19.0 Å². The van der Waals surface area contributed by atoms with Crippen LogP contribution in [0.4, 0.5) is 4.79 Å². The third-order valence-electron chi connectivity index (χ3n) is 3.92. The number of urea groups is 1. The Labute approximate surface area is 169 Å². The Balaban J connectivity index is 1.89. The van der Waals surface area contributed by atoms with Crippen molar-refractivity contribution in [2.45, 2.75) is 20.3 Å². The van der Waals surface area contributed by atoms with Crippen molar-refractivity contribution in [3.8, 4) is 17.2 Å². The maximum Gasteiger partial charge on any atom is 0.332 e. The summed E-state index contributed by atoms with van der Waals surface area (Å²) in [6, 6.07) is 8.60. The molecule has 2 aromatic rings. The fourth-order valence-corrected chi connectivity index (χ4v) is 2.63. The number of hydrogen-bond acceptors (Lipinski definition) is 5. The smallest absolute Gasteiger partial charge is 0.332 e. The lowest BCUT2D eigenvalue weighted by atomic mass is 10.1. The number of rotatable bonds is 9. The summed E-state index contributed by atoms with van der Waals surface area (Å²) in [5, 5.41) is 4.06. The third-order valence-corrected chi connectivity index (χ3v) is 4.20. The monoisotopic (exact) mass is 405 g/mol. The lowest BCUT2D eigenvalue weighted by molar-refractivity contribution is 0.240. The van der Waals surface area contributed by atoms with E-state index in [0.717, 1.165) is 5.75 Å². The molecule has 0 aliphatic carbocycles. The summed E-state index contributed by atoms with van der Waals surface area (Å²) in [5.74, 6) is 1.74. The van der Waals surface area contributed by atoms with E-state index < -0.39 is 6.03 Å². The first kappa shape index (κ1) is 21.4. The molecule has 0 radical (unpaired) electrons. The van der Waals surface area contributed by atoms with Gasteiger partial charge in [-0.15, -0.1) is 0 Å². The molecule has 2 amide bonds. The number of carbonyl (C=O) groups excluding carboxylic acids is 1. The Bertz CT molecular complexity index is 856. The molecule has 2 rings (SSSR count). The fraction of sp³-hybridized carbons (Fsp3) is 0.300. The number of benzene rings is 2. The van der Waals surface area contributed by atoms with Crippen LogP contribution in [0.25, 0.3) is 0 Å². The van der Waals surface area contributed by atoms with E-state index in [1.54, 1.807) is 12.1 Å². The van der Waals surface area contributed by atoms with E-state index in [9.17, 15) is 4.79 Å². The summed E-state index contributed by atoms with van der Waals surface area (Å²) >= 11 is 6.29. The lowest BCUT2D eigenvalue weighted by Gasteiger charge is -2.14. The highest BCUT2D eigenvalue weighted by Crippen LogP contribution is 2.36. The number of aryl methyl sites for hydroxylation is 2. The van der Waals surface area contributed by atoms with Crippen LogP contribution in [0.1, 0.15) is 23.1 Å². The number of methoxy groups -OCH3 is 1. The topological polar surface area (TPSA) is 95.2 Å². The van der Waals surface area contributed by atoms with Gasteiger partial charge in [0.05, 0.1) is 31.6 Å². The van der Waals surface area contributed by atoms with Crippen LogP contribution in [0.5, 0.6) is 17.2 Å². The van der Waals surface area contributed by atoms with E-state index >= 15 is 0 Å². The van der Waals surface area contributed by atoms with Crippen LogP contribution < -0.4 is 25.4 Å². The molecule has 0 atom stereocenters. The van der Waals surface area contributed by atoms with Crippen molar-refractivity contribution in [3.05, 3.63) is 52.0 Å². The van der Waals surface area contributed by atoms with Crippen LogP contribution in [0.15, 0.2) is 35.4 Å². The molecule has 0 bridgehead atoms. The van der Waals surface area contributed by atoms with E-state index in [1.165, 1.54) is 24.5 Å². The Morgan fingerprint density at radius 3 is 2.61 bits per heavy atom. The van der Waals surface area contributed by atoms with Gasteiger partial charge in [0.25, 0.3) is 0 Å². The van der Waals surface area contributed by atoms with Crippen LogP contribution in [-0.2, 0) is 0 Å². The second-order valence-corrected chi connectivity index (χ2v) is 6.47. The predicted octanol–water partition coefficient (Wildman–Crippen LogP) is 3.82. The van der Waals surface area contributed by atoms with Crippen molar-refractivity contribution in [1.29, 1.82) is 0 Å². The third kappa shape index (κ3) is 6.35. The molecule has 0 aliphatic heterocycles. The number of nitrogens with two attached hydrogens (primary N) is 1. The van der Waals surface area contributed by atoms with Crippen LogP contribution in [0.2, 0.25) is 5.02 Å². The van der Waals surface area contributed by atoms with Gasteiger partial charge in [0, 0.05) is 6.42 Å². The largest absolute Gasteiger partial charge is 0.493 e. The second-order valence-electron chi connectivity index (χ2n) is 6.06. The van der Waals surface area contributed by atoms with Crippen molar-refractivity contribution >= 4 is 23.8 Å². The molecule has 0 aromatic heterocycles. The number of nitrogens with zero attached hydrogens (tertiary/aromatic N) is 1. The van der Waals surface area contributed by atoms with Gasteiger partial charge in [-0.2, -0.15) is 5.10 Å². The molecule has 8 heteroatoms. The molecular weight excluding hydrogens is 382 g/mol. The van der Waals surface area contributed by atoms with E-state index in [2.05, 4.69) is 24.4 Å². The number of nitrogens with one attached hydrogen (secondary N) is 1. The molecule has 28 heavy (non-hydrogen) atoms. The molecule has 0 saturated heterocycles. The molecule has 0 heterocycles. The molecule has 150 valence electrons. The summed E-state index contributed by atoms with van der Waals surface area (Å²) in [6.45, 7) is 5.05. The lowest BCUT2D eigenvalue weighted by Crippen LogP contribution is -2.24. The maximum atomic E-state index is 10.6. The van der Waals surface area contributed by atoms with Gasteiger partial charge in [0.2, 0.25) is 0 Å². The molecule has 0 saturated carbocycles. The van der Waals surface area contributed by atoms with Crippen molar-refractivity contribution in [3.63, 3.8) is 0 Å². The Hall–Kier alpha value is -2.93. The van der Waals surface area contributed by atoms with Crippen molar-refractivity contribution in [2.24, 2.45) is 10.8 Å². The Kier molecular flexibility index (Phi) is 7.95. The molecule has 7 nitrogen and oxygen atoms in total. The van der Waals surface area contributed by atoms with Crippen molar-refractivity contribution in [1.82, 2.24) is 5.43 Å². The van der Waals surface area contributed by atoms with Gasteiger partial charge in [-0.3, -0.25) is 0 Å². The molecule has 2 aromatic carbocycles. The van der Waals surface area contributed by atoms with Gasteiger partial charge in [0.1, 0.15) is 5.75 Å². The number of carbonyl (C=O) groups is 1. The molecule has 0 aliphatic rings. The standard InChI is InChI=1S/C20H24ClN3O4/c1-13-5-6-16(9-14(13)2)27-7-4-8-28-19-17(21)10-15(11-18(19)26-3)12-23-24-20(22)25/h5-6,9-12H,4,7-8H2,1-3H3,(H3,22,24,25)/b23-12+. The van der Waals surface area contributed by atoms with Crippen LogP contribution in [-0.4, -0.2) is 32.6 Å². The van der Waals surface area contributed by atoms with E-state index in [0.29, 0.717) is 41.7 Å². The van der Waals surface area contributed by atoms with Crippen LogP contribution in [0.3, 0.4) is 0 Å². The van der Waals surface area contributed by atoms with Crippen LogP contribution in [0, 0.1) is 13.8 Å². The number of amides is 2. The van der Waals surface area contributed by atoms with Gasteiger partial charge in [-0.25, -0.2) is 10.2 Å². The second kappa shape index (κ2) is 10.4. The maximum absolute atomic E-state index is 10.6. The molecule has 0 unspecified atom stereocenters. The summed E-state index contributed by atoms with van der Waals surface area (Å²) in [7, 11) is 1.52. The van der Waals surface area contributed by atoms with Crippen molar-refractivity contribution in [2.75, 3.05) is 20.3 Å². The number of hydrogen-bond donors (Lipinski definition) is 2. The first-order chi connectivity index (χ1) is 13.4. The minimum absolute atomic E-state index is 0.370. The minimum Gasteiger partial charge on any atom is -0.493 e. The zero-order chi connectivity index (χ0) is 20.5. The Morgan fingerprint density at radius 1 is 1.18 bits per heavy atom. The predicted molar refractivity (Wildman–Crippen MR) is 110 cm³/mol. The highest BCUT2D eigenvalue weighted by atomic mass is 35.5. The minimum atomic E-state index is -0.753. The average Bonchev–Trinajstić information content (AvgIpc) is 2.65. The fourth-order valence-electron chi connectivity index (χ4n) is 2.35. The summed E-state index contributed by atoms with van der Waals surface area (Å²) in [4.78, 5) is 10.6. The van der Waals surface area contributed by atoms with E-state index in [4.69, 9.17) is 31.5 Å². The number of halogens is 1. The summed E-state index contributed by atoms with van der Waals surface area (Å²) in [6.07, 6.45) is 2.08. The first-order valence-corrected chi connectivity index (χ1v) is 9.07.